The molecule has 1 aromatic heterocycles. The number of nitrogens with zero attached hydrogens (tertiary/aromatic N) is 2. The van der Waals surface area contributed by atoms with Gasteiger partial charge in [-0.1, -0.05) is 6.92 Å². The molecule has 0 amide bonds. The molecule has 138 valence electrons. The van der Waals surface area contributed by atoms with Crippen molar-refractivity contribution in [1.29, 1.82) is 5.26 Å². The summed E-state index contributed by atoms with van der Waals surface area (Å²) in [6.07, 6.45) is -1.15. The summed E-state index contributed by atoms with van der Waals surface area (Å²) in [5.74, 6) is 0. The lowest BCUT2D eigenvalue weighted by atomic mass is 10.1. The topological polar surface area (TPSA) is 136 Å². The molecule has 2 heterocycles. The summed E-state index contributed by atoms with van der Waals surface area (Å²) in [4.78, 5) is 25.3. The van der Waals surface area contributed by atoms with E-state index in [2.05, 4.69) is 4.98 Å². The van der Waals surface area contributed by atoms with E-state index >= 15 is 0 Å². The third kappa shape index (κ3) is 4.97. The average molecular weight is 355 g/mol. The molecule has 1 aliphatic heterocycles. The zero-order chi connectivity index (χ0) is 18.2. The van der Waals surface area contributed by atoms with E-state index < -0.39 is 35.8 Å². The van der Waals surface area contributed by atoms with Crippen molar-refractivity contribution in [2.24, 2.45) is 0 Å². The molecule has 0 aromatic carbocycles. The number of nitriles is 1. The van der Waals surface area contributed by atoms with Crippen LogP contribution in [0.15, 0.2) is 21.9 Å². The van der Waals surface area contributed by atoms with Crippen LogP contribution in [0.3, 0.4) is 0 Å². The van der Waals surface area contributed by atoms with Gasteiger partial charge in [-0.25, -0.2) is 4.79 Å². The fourth-order valence-corrected chi connectivity index (χ4v) is 2.48. The van der Waals surface area contributed by atoms with Gasteiger partial charge in [-0.2, -0.15) is 5.26 Å². The van der Waals surface area contributed by atoms with Gasteiger partial charge in [0.1, 0.15) is 25.8 Å². The molecule has 1 aromatic rings. The van der Waals surface area contributed by atoms with Gasteiger partial charge >= 0.3 is 5.69 Å². The lowest BCUT2D eigenvalue weighted by Gasteiger charge is -2.22. The van der Waals surface area contributed by atoms with Crippen LogP contribution in [0.25, 0.3) is 0 Å². The van der Waals surface area contributed by atoms with Crippen molar-refractivity contribution >= 4 is 0 Å². The lowest BCUT2D eigenvalue weighted by molar-refractivity contribution is -0.175. The van der Waals surface area contributed by atoms with Crippen molar-refractivity contribution in [3.63, 3.8) is 0 Å². The Kier molecular flexibility index (Phi) is 7.30. The zero-order valence-electron chi connectivity index (χ0n) is 13.8. The van der Waals surface area contributed by atoms with Gasteiger partial charge in [-0.15, -0.1) is 0 Å². The number of nitrogens with one attached hydrogen (secondary N) is 1. The van der Waals surface area contributed by atoms with Crippen LogP contribution in [0, 0.1) is 11.3 Å². The highest BCUT2D eigenvalue weighted by molar-refractivity contribution is 4.93. The largest absolute Gasteiger partial charge is 0.388 e. The van der Waals surface area contributed by atoms with Crippen molar-refractivity contribution in [3.05, 3.63) is 33.1 Å². The Morgan fingerprint density at radius 2 is 2.20 bits per heavy atom. The molecule has 1 aliphatic rings. The molecule has 1 unspecified atom stereocenters. The normalized spacial score (nSPS) is 25.8. The maximum atomic E-state index is 12.0. The number of aliphatic hydroxyl groups excluding tert-OH is 1. The van der Waals surface area contributed by atoms with Crippen LogP contribution in [0.4, 0.5) is 0 Å². The lowest BCUT2D eigenvalue weighted by Crippen LogP contribution is -2.39. The summed E-state index contributed by atoms with van der Waals surface area (Å²) in [6.45, 7) is 1.83. The SMILES string of the molecule is CC[C@H]1O[C@@H](n2ccc(=O)[nH]c2=O)C(OCOCOCCC#N)[C@H]1O. The van der Waals surface area contributed by atoms with Crippen LogP contribution in [0.2, 0.25) is 0 Å². The highest BCUT2D eigenvalue weighted by Gasteiger charge is 2.45. The number of ether oxygens (including phenoxy) is 4. The number of aliphatic hydroxyl groups is 1. The van der Waals surface area contributed by atoms with Crippen LogP contribution in [0.5, 0.6) is 0 Å². The quantitative estimate of drug-likeness (QED) is 0.445. The minimum absolute atomic E-state index is 0.0637. The van der Waals surface area contributed by atoms with Gasteiger partial charge in [0, 0.05) is 12.3 Å². The molecular formula is C15H21N3O7. The van der Waals surface area contributed by atoms with Crippen LogP contribution in [-0.2, 0) is 18.9 Å². The van der Waals surface area contributed by atoms with Crippen LogP contribution < -0.4 is 11.2 Å². The Balaban J connectivity index is 1.98. The number of hydrogen-bond donors (Lipinski definition) is 2. The third-order valence-corrected chi connectivity index (χ3v) is 3.71. The van der Waals surface area contributed by atoms with Gasteiger partial charge in [-0.05, 0) is 6.42 Å². The van der Waals surface area contributed by atoms with E-state index in [0.717, 1.165) is 4.57 Å². The second-order valence-electron chi connectivity index (χ2n) is 5.37. The summed E-state index contributed by atoms with van der Waals surface area (Å²) in [6, 6.07) is 3.12. The van der Waals surface area contributed by atoms with E-state index in [9.17, 15) is 14.7 Å². The Labute approximate surface area is 143 Å². The van der Waals surface area contributed by atoms with Crippen molar-refractivity contribution in [2.75, 3.05) is 20.2 Å². The molecule has 0 spiro atoms. The van der Waals surface area contributed by atoms with Crippen LogP contribution in [-0.4, -0.2) is 53.2 Å². The van der Waals surface area contributed by atoms with E-state index in [1.165, 1.54) is 12.3 Å². The Hall–Kier alpha value is -2.03. The summed E-state index contributed by atoms with van der Waals surface area (Å²) in [7, 11) is 0. The van der Waals surface area contributed by atoms with Crippen LogP contribution >= 0.6 is 0 Å². The molecule has 1 saturated heterocycles. The molecule has 2 N–H and O–H groups in total. The molecule has 10 nitrogen and oxygen atoms in total. The van der Waals surface area contributed by atoms with Crippen molar-refractivity contribution in [3.8, 4) is 6.07 Å². The van der Waals surface area contributed by atoms with Crippen LogP contribution in [0.1, 0.15) is 26.0 Å². The van der Waals surface area contributed by atoms with Gasteiger partial charge in [0.2, 0.25) is 0 Å². The Morgan fingerprint density at radius 3 is 2.88 bits per heavy atom. The maximum Gasteiger partial charge on any atom is 0.330 e. The predicted octanol–water partition coefficient (Wildman–Crippen LogP) is -0.548. The monoisotopic (exact) mass is 355 g/mol. The molecule has 4 atom stereocenters. The second kappa shape index (κ2) is 9.45. The van der Waals surface area contributed by atoms with E-state index in [0.29, 0.717) is 6.42 Å². The fourth-order valence-electron chi connectivity index (χ4n) is 2.48. The molecule has 25 heavy (non-hydrogen) atoms. The first-order valence-electron chi connectivity index (χ1n) is 7.87. The first-order chi connectivity index (χ1) is 12.1. The maximum absolute atomic E-state index is 12.0. The molecule has 2 rings (SSSR count). The standard InChI is InChI=1S/C15H21N3O7/c1-2-10-12(20)13(24-9-23-8-22-7-3-5-16)14(25-10)18-6-4-11(19)17-15(18)21/h4,6,10,12-14,20H,2-3,7-9H2,1H3,(H,17,19,21)/t10-,12+,13?,14-/m1/s1. The van der Waals surface area contributed by atoms with Gasteiger partial charge in [0.15, 0.2) is 6.23 Å². The zero-order valence-corrected chi connectivity index (χ0v) is 13.8. The number of aromatic amines is 1. The number of rotatable bonds is 9. The molecule has 1 fully saturated rings. The minimum Gasteiger partial charge on any atom is -0.388 e. The first kappa shape index (κ1) is 19.3. The van der Waals surface area contributed by atoms with Gasteiger partial charge < -0.3 is 24.1 Å². The van der Waals surface area contributed by atoms with E-state index in [1.54, 1.807) is 0 Å². The van der Waals surface area contributed by atoms with Crippen molar-refractivity contribution in [1.82, 2.24) is 9.55 Å². The molecule has 0 bridgehead atoms. The highest BCUT2D eigenvalue weighted by atomic mass is 16.7. The second-order valence-corrected chi connectivity index (χ2v) is 5.37. The van der Waals surface area contributed by atoms with Gasteiger partial charge in [0.25, 0.3) is 5.56 Å². The Morgan fingerprint density at radius 1 is 1.40 bits per heavy atom. The van der Waals surface area contributed by atoms with Gasteiger partial charge in [0.05, 0.1) is 25.2 Å². The fraction of sp³-hybridized carbons (Fsp3) is 0.667. The van der Waals surface area contributed by atoms with Gasteiger partial charge in [-0.3, -0.25) is 14.3 Å². The van der Waals surface area contributed by atoms with E-state index in [-0.39, 0.29) is 26.6 Å². The summed E-state index contributed by atoms with van der Waals surface area (Å²) in [5.41, 5.74) is -1.18. The highest BCUT2D eigenvalue weighted by Crippen LogP contribution is 2.32. The Bertz CT molecular complexity index is 695. The van der Waals surface area contributed by atoms with Crippen molar-refractivity contribution in [2.45, 2.75) is 44.3 Å². The molecule has 0 saturated carbocycles. The first-order valence-corrected chi connectivity index (χ1v) is 7.87. The number of aromatic nitrogens is 2. The molecule has 0 aliphatic carbocycles. The molecular weight excluding hydrogens is 334 g/mol. The molecule has 0 radical (unpaired) electrons. The summed E-state index contributed by atoms with van der Waals surface area (Å²) in [5, 5.41) is 18.7. The summed E-state index contributed by atoms with van der Waals surface area (Å²) < 4.78 is 22.5. The van der Waals surface area contributed by atoms with E-state index in [4.69, 9.17) is 24.2 Å². The smallest absolute Gasteiger partial charge is 0.330 e. The predicted molar refractivity (Wildman–Crippen MR) is 83.4 cm³/mol. The minimum atomic E-state index is -0.961. The average Bonchev–Trinajstić information content (AvgIpc) is 2.90. The number of hydrogen-bond acceptors (Lipinski definition) is 8. The van der Waals surface area contributed by atoms with E-state index in [1.807, 2.05) is 13.0 Å². The third-order valence-electron chi connectivity index (χ3n) is 3.71. The summed E-state index contributed by atoms with van der Waals surface area (Å²) >= 11 is 0. The number of H-pyrrole nitrogens is 1. The van der Waals surface area contributed by atoms with Crippen molar-refractivity contribution < 1.29 is 24.1 Å². The molecule has 10 heteroatoms.